The number of amides is 2. The predicted molar refractivity (Wildman–Crippen MR) is 110 cm³/mol. The largest absolute Gasteiger partial charge is 0.353 e. The van der Waals surface area contributed by atoms with E-state index in [1.54, 1.807) is 17.2 Å². The minimum absolute atomic E-state index is 0.0344. The van der Waals surface area contributed by atoms with Crippen LogP contribution in [-0.4, -0.2) is 62.0 Å². The fourth-order valence-electron chi connectivity index (χ4n) is 3.51. The predicted octanol–water partition coefficient (Wildman–Crippen LogP) is 1.76. The zero-order valence-corrected chi connectivity index (χ0v) is 17.1. The number of halogens is 1. The molecule has 2 aliphatic heterocycles. The van der Waals surface area contributed by atoms with Crippen molar-refractivity contribution in [1.29, 1.82) is 0 Å². The molecule has 29 heavy (non-hydrogen) atoms. The van der Waals surface area contributed by atoms with Crippen molar-refractivity contribution in [2.24, 2.45) is 0 Å². The molecule has 2 saturated heterocycles. The van der Waals surface area contributed by atoms with Gasteiger partial charge in [-0.2, -0.15) is 0 Å². The number of pyridine rings is 1. The van der Waals surface area contributed by atoms with Crippen molar-refractivity contribution in [3.8, 4) is 0 Å². The smallest absolute Gasteiger partial charge is 0.254 e. The fraction of sp³-hybridized carbons (Fsp3) is 0.316. The number of anilines is 2. The van der Waals surface area contributed by atoms with Gasteiger partial charge in [-0.3, -0.25) is 9.59 Å². The standard InChI is InChI=1S/C19H19ClN4O4S/c20-15-5-4-14(13-16(15)24-18(25)6-12-29(24,27)28)19(26)23-10-8-22(9-11-23)17-3-1-2-7-21-17/h1-5,7,13H,6,8-12H2. The van der Waals surface area contributed by atoms with Crippen molar-refractivity contribution in [3.63, 3.8) is 0 Å². The maximum Gasteiger partial charge on any atom is 0.254 e. The Morgan fingerprint density at radius 2 is 1.83 bits per heavy atom. The summed E-state index contributed by atoms with van der Waals surface area (Å²) in [6.45, 7) is 2.30. The van der Waals surface area contributed by atoms with E-state index in [1.165, 1.54) is 12.1 Å². The summed E-state index contributed by atoms with van der Waals surface area (Å²) in [7, 11) is -3.76. The first kappa shape index (κ1) is 19.7. The van der Waals surface area contributed by atoms with Crippen LogP contribution in [0.5, 0.6) is 0 Å². The van der Waals surface area contributed by atoms with Gasteiger partial charge in [0.1, 0.15) is 5.82 Å². The van der Waals surface area contributed by atoms with Gasteiger partial charge in [-0.05, 0) is 30.3 Å². The zero-order chi connectivity index (χ0) is 20.6. The van der Waals surface area contributed by atoms with Crippen LogP contribution in [0.2, 0.25) is 5.02 Å². The highest BCUT2D eigenvalue weighted by Gasteiger charge is 2.38. The molecule has 0 unspecified atom stereocenters. The van der Waals surface area contributed by atoms with Crippen molar-refractivity contribution in [2.75, 3.05) is 41.1 Å². The lowest BCUT2D eigenvalue weighted by Crippen LogP contribution is -2.49. The highest BCUT2D eigenvalue weighted by molar-refractivity contribution is 7.94. The lowest BCUT2D eigenvalue weighted by Gasteiger charge is -2.35. The van der Waals surface area contributed by atoms with Crippen LogP contribution in [0, 0.1) is 0 Å². The highest BCUT2D eigenvalue weighted by Crippen LogP contribution is 2.33. The number of benzene rings is 1. The summed E-state index contributed by atoms with van der Waals surface area (Å²) in [5.41, 5.74) is 0.331. The molecule has 0 aliphatic carbocycles. The minimum atomic E-state index is -3.76. The number of sulfonamides is 1. The van der Waals surface area contributed by atoms with Crippen LogP contribution >= 0.6 is 11.6 Å². The molecule has 0 radical (unpaired) electrons. The first-order valence-electron chi connectivity index (χ1n) is 9.17. The first-order chi connectivity index (χ1) is 13.9. The number of aromatic nitrogens is 1. The van der Waals surface area contributed by atoms with Crippen molar-refractivity contribution in [1.82, 2.24) is 9.88 Å². The van der Waals surface area contributed by atoms with Gasteiger partial charge in [-0.25, -0.2) is 17.7 Å². The lowest BCUT2D eigenvalue weighted by atomic mass is 10.1. The van der Waals surface area contributed by atoms with E-state index in [0.717, 1.165) is 5.82 Å². The van der Waals surface area contributed by atoms with Gasteiger partial charge in [0.2, 0.25) is 15.9 Å². The van der Waals surface area contributed by atoms with E-state index < -0.39 is 15.9 Å². The summed E-state index contributed by atoms with van der Waals surface area (Å²) in [6, 6.07) is 10.1. The maximum atomic E-state index is 13.0. The summed E-state index contributed by atoms with van der Waals surface area (Å²) >= 11 is 6.15. The van der Waals surface area contributed by atoms with Gasteiger partial charge in [0.05, 0.1) is 16.5 Å². The number of hydrogen-bond acceptors (Lipinski definition) is 6. The van der Waals surface area contributed by atoms with Gasteiger partial charge in [0.25, 0.3) is 5.91 Å². The van der Waals surface area contributed by atoms with Crippen LogP contribution in [0.25, 0.3) is 0 Å². The molecule has 3 heterocycles. The van der Waals surface area contributed by atoms with Crippen LogP contribution in [0.3, 0.4) is 0 Å². The van der Waals surface area contributed by atoms with Crippen LogP contribution in [0.15, 0.2) is 42.6 Å². The number of piperazine rings is 1. The first-order valence-corrected chi connectivity index (χ1v) is 11.2. The van der Waals surface area contributed by atoms with E-state index in [4.69, 9.17) is 11.6 Å². The summed E-state index contributed by atoms with van der Waals surface area (Å²) in [4.78, 5) is 33.2. The third-order valence-electron chi connectivity index (χ3n) is 5.03. The monoisotopic (exact) mass is 434 g/mol. The normalized spacial score (nSPS) is 18.9. The van der Waals surface area contributed by atoms with Crippen LogP contribution < -0.4 is 9.21 Å². The third-order valence-corrected chi connectivity index (χ3v) is 7.03. The Labute approximate surface area is 173 Å². The molecule has 10 heteroatoms. The van der Waals surface area contributed by atoms with E-state index in [1.807, 2.05) is 18.2 Å². The number of rotatable bonds is 3. The Bertz CT molecular complexity index is 1050. The number of hydrogen-bond donors (Lipinski definition) is 0. The number of nitrogens with zero attached hydrogens (tertiary/aromatic N) is 4. The second-order valence-corrected chi connectivity index (χ2v) is 9.20. The summed E-state index contributed by atoms with van der Waals surface area (Å²) in [6.07, 6.45) is 1.64. The molecule has 0 saturated carbocycles. The van der Waals surface area contributed by atoms with E-state index in [0.29, 0.717) is 36.0 Å². The quantitative estimate of drug-likeness (QED) is 0.731. The maximum absolute atomic E-state index is 13.0. The molecular weight excluding hydrogens is 416 g/mol. The topological polar surface area (TPSA) is 90.9 Å². The summed E-state index contributed by atoms with van der Waals surface area (Å²) in [5.74, 6) is -0.158. The average Bonchev–Trinajstić information content (AvgIpc) is 3.01. The second-order valence-electron chi connectivity index (χ2n) is 6.86. The molecule has 2 amide bonds. The zero-order valence-electron chi connectivity index (χ0n) is 15.5. The molecule has 0 atom stereocenters. The average molecular weight is 435 g/mol. The van der Waals surface area contributed by atoms with Crippen molar-refractivity contribution < 1.29 is 18.0 Å². The minimum Gasteiger partial charge on any atom is -0.353 e. The molecule has 0 bridgehead atoms. The van der Waals surface area contributed by atoms with Gasteiger partial charge in [0.15, 0.2) is 0 Å². The molecule has 1 aromatic carbocycles. The van der Waals surface area contributed by atoms with Gasteiger partial charge in [0, 0.05) is 44.4 Å². The molecule has 4 rings (SSSR count). The highest BCUT2D eigenvalue weighted by atomic mass is 35.5. The van der Waals surface area contributed by atoms with Gasteiger partial charge >= 0.3 is 0 Å². The molecule has 2 aliphatic rings. The Hall–Kier alpha value is -2.65. The van der Waals surface area contributed by atoms with Gasteiger partial charge in [-0.15, -0.1) is 0 Å². The van der Waals surface area contributed by atoms with E-state index in [2.05, 4.69) is 9.88 Å². The molecule has 0 spiro atoms. The molecular formula is C19H19ClN4O4S. The molecule has 1 aromatic heterocycles. The van der Waals surface area contributed by atoms with Crippen LogP contribution in [0.4, 0.5) is 11.5 Å². The SMILES string of the molecule is O=C(c1ccc(Cl)c(N2C(=O)CCS2(=O)=O)c1)N1CCN(c2ccccn2)CC1. The fourth-order valence-corrected chi connectivity index (χ4v) is 5.23. The Balaban J connectivity index is 1.52. The molecule has 8 nitrogen and oxygen atoms in total. The summed E-state index contributed by atoms with van der Waals surface area (Å²) in [5, 5.41) is 0.111. The van der Waals surface area contributed by atoms with Crippen molar-refractivity contribution in [3.05, 3.63) is 53.2 Å². The molecule has 2 aromatic rings. The molecule has 2 fully saturated rings. The third kappa shape index (κ3) is 3.79. The van der Waals surface area contributed by atoms with E-state index in [9.17, 15) is 18.0 Å². The van der Waals surface area contributed by atoms with E-state index in [-0.39, 0.29) is 28.8 Å². The van der Waals surface area contributed by atoms with Crippen LogP contribution in [-0.2, 0) is 14.8 Å². The Morgan fingerprint density at radius 1 is 1.07 bits per heavy atom. The summed E-state index contributed by atoms with van der Waals surface area (Å²) < 4.78 is 25.1. The van der Waals surface area contributed by atoms with Gasteiger partial charge < -0.3 is 9.80 Å². The van der Waals surface area contributed by atoms with Crippen molar-refractivity contribution in [2.45, 2.75) is 6.42 Å². The number of carbonyl (C=O) groups excluding carboxylic acids is 2. The molecule has 152 valence electrons. The number of carbonyl (C=O) groups is 2. The van der Waals surface area contributed by atoms with Crippen LogP contribution in [0.1, 0.15) is 16.8 Å². The Kier molecular flexibility index (Phi) is 5.18. The second kappa shape index (κ2) is 7.64. The van der Waals surface area contributed by atoms with Gasteiger partial charge in [-0.1, -0.05) is 17.7 Å². The van der Waals surface area contributed by atoms with E-state index >= 15 is 0 Å². The van der Waals surface area contributed by atoms with Crippen molar-refractivity contribution >= 4 is 44.9 Å². The Morgan fingerprint density at radius 3 is 2.45 bits per heavy atom. The lowest BCUT2D eigenvalue weighted by molar-refractivity contribution is -0.116. The molecule has 0 N–H and O–H groups in total.